The van der Waals surface area contributed by atoms with Gasteiger partial charge < -0.3 is 5.11 Å². The van der Waals surface area contributed by atoms with Crippen molar-refractivity contribution in [2.24, 2.45) is 5.92 Å². The van der Waals surface area contributed by atoms with Gasteiger partial charge in [0.2, 0.25) is 0 Å². The van der Waals surface area contributed by atoms with Crippen LogP contribution in [0.2, 0.25) is 0 Å². The molecular formula is C10H12O. The fraction of sp³-hybridized carbons (Fsp3) is 0.400. The van der Waals surface area contributed by atoms with Crippen molar-refractivity contribution in [2.75, 3.05) is 0 Å². The van der Waals surface area contributed by atoms with Crippen LogP contribution in [0, 0.1) is 5.92 Å². The van der Waals surface area contributed by atoms with E-state index >= 15 is 0 Å². The zero-order chi connectivity index (χ0) is 7.68. The Morgan fingerprint density at radius 3 is 3.27 bits per heavy atom. The Kier molecular flexibility index (Phi) is 1.57. The van der Waals surface area contributed by atoms with Crippen molar-refractivity contribution in [3.63, 3.8) is 0 Å². The lowest BCUT2D eigenvalue weighted by Crippen LogP contribution is -2.07. The second-order valence-electron chi connectivity index (χ2n) is 3.17. The van der Waals surface area contributed by atoms with Crippen LogP contribution in [0.4, 0.5) is 0 Å². The predicted octanol–water partition coefficient (Wildman–Crippen LogP) is 2.72. The molecule has 2 aliphatic carbocycles. The fourth-order valence-corrected chi connectivity index (χ4v) is 1.73. The van der Waals surface area contributed by atoms with Crippen LogP contribution in [0.25, 0.3) is 0 Å². The minimum atomic E-state index is 0.398. The van der Waals surface area contributed by atoms with E-state index in [1.165, 1.54) is 24.8 Å². The average Bonchev–Trinajstić information content (AvgIpc) is 2.04. The molecule has 1 heteroatoms. The van der Waals surface area contributed by atoms with E-state index in [9.17, 15) is 5.11 Å². The maximum absolute atomic E-state index is 9.18. The van der Waals surface area contributed by atoms with Gasteiger partial charge in [-0.1, -0.05) is 12.2 Å². The van der Waals surface area contributed by atoms with Gasteiger partial charge in [0.25, 0.3) is 0 Å². The summed E-state index contributed by atoms with van der Waals surface area (Å²) in [6.07, 6.45) is 11.7. The van der Waals surface area contributed by atoms with Crippen molar-refractivity contribution in [3.05, 3.63) is 35.6 Å². The predicted molar refractivity (Wildman–Crippen MR) is 45.3 cm³/mol. The first-order chi connectivity index (χ1) is 5.36. The van der Waals surface area contributed by atoms with Gasteiger partial charge in [-0.05, 0) is 37.0 Å². The van der Waals surface area contributed by atoms with Gasteiger partial charge in [0.1, 0.15) is 5.76 Å². The third-order valence-electron chi connectivity index (χ3n) is 2.34. The molecule has 2 rings (SSSR count). The Bertz CT molecular complexity index is 246. The summed E-state index contributed by atoms with van der Waals surface area (Å²) in [4.78, 5) is 0. The summed E-state index contributed by atoms with van der Waals surface area (Å²) < 4.78 is 0. The van der Waals surface area contributed by atoms with Crippen LogP contribution in [0.1, 0.15) is 19.3 Å². The van der Waals surface area contributed by atoms with Gasteiger partial charge >= 0.3 is 0 Å². The van der Waals surface area contributed by atoms with E-state index in [1.54, 1.807) is 6.08 Å². The standard InChI is InChI=1S/C10H12O/c11-10-6-5-8-3-1-2-4-9(8)7-10/h4-8,11H,1-3H2. The first-order valence-electron chi connectivity index (χ1n) is 4.15. The topological polar surface area (TPSA) is 20.2 Å². The molecular weight excluding hydrogens is 136 g/mol. The van der Waals surface area contributed by atoms with Crippen LogP contribution < -0.4 is 0 Å². The van der Waals surface area contributed by atoms with E-state index in [1.807, 2.05) is 6.08 Å². The fourth-order valence-electron chi connectivity index (χ4n) is 1.73. The molecule has 0 bridgehead atoms. The molecule has 58 valence electrons. The third-order valence-corrected chi connectivity index (χ3v) is 2.34. The lowest BCUT2D eigenvalue weighted by molar-refractivity contribution is 0.425. The van der Waals surface area contributed by atoms with Crippen molar-refractivity contribution in [1.82, 2.24) is 0 Å². The number of rotatable bonds is 0. The molecule has 1 nitrogen and oxygen atoms in total. The molecule has 0 aromatic rings. The number of aliphatic hydroxyl groups is 1. The average molecular weight is 148 g/mol. The molecule has 0 saturated heterocycles. The zero-order valence-corrected chi connectivity index (χ0v) is 6.46. The lowest BCUT2D eigenvalue weighted by atomic mass is 9.85. The third kappa shape index (κ3) is 1.23. The summed E-state index contributed by atoms with van der Waals surface area (Å²) in [6.45, 7) is 0. The van der Waals surface area contributed by atoms with E-state index in [-0.39, 0.29) is 0 Å². The summed E-state index contributed by atoms with van der Waals surface area (Å²) >= 11 is 0. The highest BCUT2D eigenvalue weighted by Crippen LogP contribution is 2.30. The van der Waals surface area contributed by atoms with E-state index in [2.05, 4.69) is 12.2 Å². The van der Waals surface area contributed by atoms with E-state index in [0.717, 1.165) is 0 Å². The molecule has 1 unspecified atom stereocenters. The summed E-state index contributed by atoms with van der Waals surface area (Å²) in [5, 5.41) is 9.18. The Balaban J connectivity index is 2.29. The van der Waals surface area contributed by atoms with Crippen LogP contribution in [-0.2, 0) is 0 Å². The highest BCUT2D eigenvalue weighted by molar-refractivity contribution is 5.36. The molecule has 1 atom stereocenters. The highest BCUT2D eigenvalue weighted by atomic mass is 16.3. The van der Waals surface area contributed by atoms with Crippen LogP contribution in [0.15, 0.2) is 35.6 Å². The molecule has 0 aromatic carbocycles. The normalized spacial score (nSPS) is 28.9. The van der Waals surface area contributed by atoms with Gasteiger partial charge in [-0.3, -0.25) is 0 Å². The Morgan fingerprint density at radius 2 is 2.36 bits per heavy atom. The first kappa shape index (κ1) is 6.71. The number of fused-ring (bicyclic) bond motifs is 1. The van der Waals surface area contributed by atoms with Crippen LogP contribution >= 0.6 is 0 Å². The number of hydrogen-bond acceptors (Lipinski definition) is 1. The maximum atomic E-state index is 9.18. The summed E-state index contributed by atoms with van der Waals surface area (Å²) in [6, 6.07) is 0. The molecule has 0 radical (unpaired) electrons. The van der Waals surface area contributed by atoms with Crippen LogP contribution in [0.5, 0.6) is 0 Å². The smallest absolute Gasteiger partial charge is 0.115 e. The van der Waals surface area contributed by atoms with E-state index in [0.29, 0.717) is 11.7 Å². The summed E-state index contributed by atoms with van der Waals surface area (Å²) in [7, 11) is 0. The van der Waals surface area contributed by atoms with Crippen molar-refractivity contribution >= 4 is 0 Å². The summed E-state index contributed by atoms with van der Waals surface area (Å²) in [5.41, 5.74) is 1.30. The SMILES string of the molecule is OC1=CC2=CCCCC2C=C1. The van der Waals surface area contributed by atoms with Gasteiger partial charge in [0, 0.05) is 5.92 Å². The molecule has 0 heterocycles. The van der Waals surface area contributed by atoms with Crippen LogP contribution in [-0.4, -0.2) is 5.11 Å². The van der Waals surface area contributed by atoms with Crippen LogP contribution in [0.3, 0.4) is 0 Å². The molecule has 0 aliphatic heterocycles. The van der Waals surface area contributed by atoms with Crippen molar-refractivity contribution in [1.29, 1.82) is 0 Å². The number of allylic oxidation sites excluding steroid dienone is 5. The minimum Gasteiger partial charge on any atom is -0.508 e. The largest absolute Gasteiger partial charge is 0.508 e. The maximum Gasteiger partial charge on any atom is 0.115 e. The second-order valence-corrected chi connectivity index (χ2v) is 3.17. The molecule has 2 aliphatic rings. The molecule has 0 spiro atoms. The Morgan fingerprint density at radius 1 is 1.45 bits per heavy atom. The van der Waals surface area contributed by atoms with E-state index in [4.69, 9.17) is 0 Å². The molecule has 11 heavy (non-hydrogen) atoms. The molecule has 0 aromatic heterocycles. The molecule has 0 fully saturated rings. The van der Waals surface area contributed by atoms with Crippen molar-refractivity contribution < 1.29 is 5.11 Å². The van der Waals surface area contributed by atoms with Gasteiger partial charge in [-0.15, -0.1) is 0 Å². The van der Waals surface area contributed by atoms with Gasteiger partial charge in [0.05, 0.1) is 0 Å². The van der Waals surface area contributed by atoms with Gasteiger partial charge in [-0.25, -0.2) is 0 Å². The van der Waals surface area contributed by atoms with Gasteiger partial charge in [-0.2, -0.15) is 0 Å². The minimum absolute atomic E-state index is 0.398. The van der Waals surface area contributed by atoms with Crippen molar-refractivity contribution in [2.45, 2.75) is 19.3 Å². The lowest BCUT2D eigenvalue weighted by Gasteiger charge is -2.21. The molecule has 1 N–H and O–H groups in total. The zero-order valence-electron chi connectivity index (χ0n) is 6.46. The Hall–Kier alpha value is -0.980. The second kappa shape index (κ2) is 2.57. The number of aliphatic hydroxyl groups excluding tert-OH is 1. The Labute approximate surface area is 66.7 Å². The van der Waals surface area contributed by atoms with E-state index < -0.39 is 0 Å². The highest BCUT2D eigenvalue weighted by Gasteiger charge is 2.16. The molecule has 0 saturated carbocycles. The number of hydrogen-bond donors (Lipinski definition) is 1. The van der Waals surface area contributed by atoms with Crippen molar-refractivity contribution in [3.8, 4) is 0 Å². The first-order valence-corrected chi connectivity index (χ1v) is 4.15. The summed E-state index contributed by atoms with van der Waals surface area (Å²) in [5.74, 6) is 0.981. The molecule has 0 amide bonds. The quantitative estimate of drug-likeness (QED) is 0.560. The van der Waals surface area contributed by atoms with Gasteiger partial charge in [0.15, 0.2) is 0 Å². The monoisotopic (exact) mass is 148 g/mol.